The third kappa shape index (κ3) is 3.26. The molecule has 0 saturated carbocycles. The van der Waals surface area contributed by atoms with Crippen molar-refractivity contribution in [1.29, 1.82) is 5.26 Å². The second kappa shape index (κ2) is 6.57. The minimum absolute atomic E-state index is 0.00824. The molecule has 0 spiro atoms. The predicted molar refractivity (Wildman–Crippen MR) is 83.1 cm³/mol. The number of hydrogen-bond donors (Lipinski definition) is 3. The molecule has 1 aliphatic rings. The summed E-state index contributed by atoms with van der Waals surface area (Å²) in [5.41, 5.74) is 1.94. The summed E-state index contributed by atoms with van der Waals surface area (Å²) in [6.07, 6.45) is 1.52. The standard InChI is InChI=1S/C14H14N8O/c15-7-10(14-18-20-21-19-14)8-17-11-3-1-2-4-12(11)22-6-5-16-13(23)9-22/h1-4,8,17H,5-6,9H2,(H,16,23)(H,18,19,20,21). The van der Waals surface area contributed by atoms with Gasteiger partial charge >= 0.3 is 0 Å². The smallest absolute Gasteiger partial charge is 0.239 e. The highest BCUT2D eigenvalue weighted by Gasteiger charge is 2.18. The number of rotatable bonds is 4. The first-order valence-electron chi connectivity index (χ1n) is 6.99. The fourth-order valence-corrected chi connectivity index (χ4v) is 2.29. The van der Waals surface area contributed by atoms with Gasteiger partial charge in [0.1, 0.15) is 11.6 Å². The van der Waals surface area contributed by atoms with E-state index in [1.807, 2.05) is 35.2 Å². The maximum atomic E-state index is 11.6. The molecular weight excluding hydrogens is 296 g/mol. The van der Waals surface area contributed by atoms with Gasteiger partial charge < -0.3 is 15.5 Å². The minimum Gasteiger partial charge on any atom is -0.359 e. The van der Waals surface area contributed by atoms with Crippen LogP contribution in [0.5, 0.6) is 0 Å². The molecule has 0 aliphatic carbocycles. The number of H-pyrrole nitrogens is 1. The van der Waals surface area contributed by atoms with Crippen molar-refractivity contribution >= 4 is 22.9 Å². The third-order valence-corrected chi connectivity index (χ3v) is 3.36. The van der Waals surface area contributed by atoms with Crippen molar-refractivity contribution in [2.24, 2.45) is 0 Å². The van der Waals surface area contributed by atoms with Crippen LogP contribution in [0.4, 0.5) is 11.4 Å². The molecule has 1 amide bonds. The van der Waals surface area contributed by atoms with Gasteiger partial charge in [-0.1, -0.05) is 12.1 Å². The summed E-state index contributed by atoms with van der Waals surface area (Å²) in [5.74, 6) is 0.209. The summed E-state index contributed by atoms with van der Waals surface area (Å²) in [6.45, 7) is 1.64. The predicted octanol–water partition coefficient (Wildman–Crippen LogP) is 0.112. The Morgan fingerprint density at radius 1 is 1.43 bits per heavy atom. The Bertz CT molecular complexity index is 761. The Kier molecular flexibility index (Phi) is 4.15. The van der Waals surface area contributed by atoms with Crippen LogP contribution in [0.1, 0.15) is 5.82 Å². The second-order valence-electron chi connectivity index (χ2n) is 4.84. The third-order valence-electron chi connectivity index (χ3n) is 3.36. The summed E-state index contributed by atoms with van der Waals surface area (Å²) in [6, 6.07) is 9.60. The highest BCUT2D eigenvalue weighted by Crippen LogP contribution is 2.26. The van der Waals surface area contributed by atoms with Gasteiger partial charge in [0.05, 0.1) is 17.9 Å². The van der Waals surface area contributed by atoms with Crippen LogP contribution in [0, 0.1) is 11.3 Å². The van der Waals surface area contributed by atoms with Crippen molar-refractivity contribution in [3.63, 3.8) is 0 Å². The maximum Gasteiger partial charge on any atom is 0.239 e. The number of aromatic amines is 1. The average Bonchev–Trinajstić information content (AvgIpc) is 3.10. The first-order chi connectivity index (χ1) is 11.3. The van der Waals surface area contributed by atoms with Crippen LogP contribution in [0.2, 0.25) is 0 Å². The van der Waals surface area contributed by atoms with Gasteiger partial charge in [-0.05, 0) is 17.3 Å². The number of aromatic nitrogens is 4. The molecule has 23 heavy (non-hydrogen) atoms. The van der Waals surface area contributed by atoms with Crippen LogP contribution < -0.4 is 15.5 Å². The molecule has 3 rings (SSSR count). The van der Waals surface area contributed by atoms with E-state index in [9.17, 15) is 10.1 Å². The molecule has 116 valence electrons. The molecule has 2 aromatic rings. The molecule has 1 aromatic carbocycles. The lowest BCUT2D eigenvalue weighted by atomic mass is 10.2. The molecule has 1 aromatic heterocycles. The molecule has 1 saturated heterocycles. The number of anilines is 2. The zero-order chi connectivity index (χ0) is 16.1. The second-order valence-corrected chi connectivity index (χ2v) is 4.84. The Balaban J connectivity index is 1.83. The molecular formula is C14H14N8O. The lowest BCUT2D eigenvalue weighted by molar-refractivity contribution is -0.120. The number of hydrogen-bond acceptors (Lipinski definition) is 7. The van der Waals surface area contributed by atoms with E-state index in [1.54, 1.807) is 0 Å². The number of amides is 1. The SMILES string of the molecule is N#CC(=CNc1ccccc1N1CCNC(=O)C1)c1nn[nH]n1. The lowest BCUT2D eigenvalue weighted by Crippen LogP contribution is -2.47. The van der Waals surface area contributed by atoms with Crippen molar-refractivity contribution in [1.82, 2.24) is 25.9 Å². The summed E-state index contributed by atoms with van der Waals surface area (Å²) in [4.78, 5) is 13.6. The molecule has 0 atom stereocenters. The summed E-state index contributed by atoms with van der Waals surface area (Å²) in [7, 11) is 0. The van der Waals surface area contributed by atoms with E-state index in [0.717, 1.165) is 17.9 Å². The van der Waals surface area contributed by atoms with E-state index in [-0.39, 0.29) is 17.3 Å². The molecule has 3 N–H and O–H groups in total. The van der Waals surface area contributed by atoms with Gasteiger partial charge in [0, 0.05) is 19.3 Å². The Morgan fingerprint density at radius 2 is 2.30 bits per heavy atom. The normalized spacial score (nSPS) is 15.0. The van der Waals surface area contributed by atoms with Gasteiger partial charge in [-0.2, -0.15) is 10.5 Å². The van der Waals surface area contributed by atoms with Crippen molar-refractivity contribution in [3.05, 3.63) is 36.3 Å². The van der Waals surface area contributed by atoms with Gasteiger partial charge in [-0.15, -0.1) is 10.2 Å². The first-order valence-corrected chi connectivity index (χ1v) is 6.99. The zero-order valence-electron chi connectivity index (χ0n) is 12.2. The van der Waals surface area contributed by atoms with E-state index >= 15 is 0 Å². The number of carbonyl (C=O) groups excluding carboxylic acids is 1. The van der Waals surface area contributed by atoms with Crippen LogP contribution in [0.3, 0.4) is 0 Å². The molecule has 1 aliphatic heterocycles. The topological polar surface area (TPSA) is 123 Å². The summed E-state index contributed by atoms with van der Waals surface area (Å²) >= 11 is 0. The molecule has 9 heteroatoms. The average molecular weight is 310 g/mol. The minimum atomic E-state index is -0.00824. The molecule has 1 fully saturated rings. The molecule has 2 heterocycles. The van der Waals surface area contributed by atoms with Crippen molar-refractivity contribution in [2.45, 2.75) is 0 Å². The van der Waals surface area contributed by atoms with Gasteiger partial charge in [0.15, 0.2) is 0 Å². The van der Waals surface area contributed by atoms with Crippen LogP contribution in [-0.4, -0.2) is 46.2 Å². The Hall–Kier alpha value is -3.41. The Labute approximate surface area is 132 Å². The van der Waals surface area contributed by atoms with Gasteiger partial charge in [-0.3, -0.25) is 4.79 Å². The molecule has 0 bridgehead atoms. The van der Waals surface area contributed by atoms with Crippen LogP contribution >= 0.6 is 0 Å². The largest absolute Gasteiger partial charge is 0.359 e. The number of allylic oxidation sites excluding steroid dienone is 1. The maximum absolute atomic E-state index is 11.6. The van der Waals surface area contributed by atoms with Crippen molar-refractivity contribution in [2.75, 3.05) is 29.9 Å². The summed E-state index contributed by atoms with van der Waals surface area (Å²) < 4.78 is 0. The fourth-order valence-electron chi connectivity index (χ4n) is 2.29. The van der Waals surface area contributed by atoms with Gasteiger partial charge in [0.25, 0.3) is 0 Å². The summed E-state index contributed by atoms with van der Waals surface area (Å²) in [5, 5.41) is 28.4. The molecule has 0 unspecified atom stereocenters. The Morgan fingerprint density at radius 3 is 3.04 bits per heavy atom. The number of tetrazole rings is 1. The van der Waals surface area contributed by atoms with Crippen LogP contribution in [-0.2, 0) is 4.79 Å². The number of nitrogens with one attached hydrogen (secondary N) is 3. The number of para-hydroxylation sites is 2. The quantitative estimate of drug-likeness (QED) is 0.685. The number of carbonyl (C=O) groups is 1. The van der Waals surface area contributed by atoms with E-state index in [1.165, 1.54) is 6.20 Å². The number of nitriles is 1. The van der Waals surface area contributed by atoms with Crippen LogP contribution in [0.15, 0.2) is 30.5 Å². The number of benzene rings is 1. The van der Waals surface area contributed by atoms with E-state index in [2.05, 4.69) is 31.3 Å². The van der Waals surface area contributed by atoms with E-state index in [0.29, 0.717) is 13.1 Å². The van der Waals surface area contributed by atoms with E-state index in [4.69, 9.17) is 0 Å². The number of nitrogens with zero attached hydrogens (tertiary/aromatic N) is 5. The first kappa shape index (κ1) is 14.5. The highest BCUT2D eigenvalue weighted by atomic mass is 16.2. The highest BCUT2D eigenvalue weighted by molar-refractivity contribution is 5.85. The molecule has 9 nitrogen and oxygen atoms in total. The van der Waals surface area contributed by atoms with Gasteiger partial charge in [0.2, 0.25) is 11.7 Å². The number of piperazine rings is 1. The van der Waals surface area contributed by atoms with Gasteiger partial charge in [-0.25, -0.2) is 0 Å². The van der Waals surface area contributed by atoms with Crippen molar-refractivity contribution in [3.8, 4) is 6.07 Å². The van der Waals surface area contributed by atoms with Crippen molar-refractivity contribution < 1.29 is 4.79 Å². The lowest BCUT2D eigenvalue weighted by Gasteiger charge is -2.30. The zero-order valence-corrected chi connectivity index (χ0v) is 12.2. The van der Waals surface area contributed by atoms with E-state index < -0.39 is 0 Å². The molecule has 0 radical (unpaired) electrons. The monoisotopic (exact) mass is 310 g/mol. The fraction of sp³-hybridized carbons (Fsp3) is 0.214. The van der Waals surface area contributed by atoms with Crippen LogP contribution in [0.25, 0.3) is 5.57 Å².